The van der Waals surface area contributed by atoms with Gasteiger partial charge >= 0.3 is 0 Å². The quantitative estimate of drug-likeness (QED) is 0.718. The van der Waals surface area contributed by atoms with Crippen LogP contribution >= 0.6 is 0 Å². The van der Waals surface area contributed by atoms with Crippen molar-refractivity contribution in [3.8, 4) is 5.75 Å². The molecule has 0 aromatic heterocycles. The zero-order valence-electron chi connectivity index (χ0n) is 16.6. The van der Waals surface area contributed by atoms with Crippen molar-refractivity contribution in [1.82, 2.24) is 5.32 Å². The maximum absolute atomic E-state index is 5.72. The van der Waals surface area contributed by atoms with Crippen LogP contribution in [-0.4, -0.2) is 19.7 Å². The molecular formula is C23H33NO. The van der Waals surface area contributed by atoms with Gasteiger partial charge in [0.15, 0.2) is 0 Å². The Balaban J connectivity index is 2.44. The summed E-state index contributed by atoms with van der Waals surface area (Å²) in [4.78, 5) is 0. The van der Waals surface area contributed by atoms with E-state index in [0.717, 1.165) is 18.7 Å². The Labute approximate surface area is 153 Å². The summed E-state index contributed by atoms with van der Waals surface area (Å²) in [6.07, 6.45) is 1.05. The van der Waals surface area contributed by atoms with E-state index < -0.39 is 0 Å². The molecule has 0 unspecified atom stereocenters. The molecule has 0 aliphatic heterocycles. The number of benzene rings is 2. The lowest BCUT2D eigenvalue weighted by atomic mass is 9.81. The largest absolute Gasteiger partial charge is 0.496 e. The summed E-state index contributed by atoms with van der Waals surface area (Å²) in [5.74, 6) is 1.30. The molecule has 0 radical (unpaired) electrons. The minimum Gasteiger partial charge on any atom is -0.496 e. The van der Waals surface area contributed by atoms with Crippen molar-refractivity contribution >= 4 is 0 Å². The smallest absolute Gasteiger partial charge is 0.122 e. The zero-order valence-corrected chi connectivity index (χ0v) is 16.6. The summed E-state index contributed by atoms with van der Waals surface area (Å²) in [6, 6.07) is 17.9. The SMILES string of the molecule is COc1ccc(C(C)(C)C)cc1[C@@H](CCNC(C)C)c1ccccc1. The van der Waals surface area contributed by atoms with Gasteiger partial charge in [-0.2, -0.15) is 0 Å². The van der Waals surface area contributed by atoms with E-state index in [9.17, 15) is 0 Å². The van der Waals surface area contributed by atoms with Crippen molar-refractivity contribution < 1.29 is 4.74 Å². The average molecular weight is 340 g/mol. The van der Waals surface area contributed by atoms with Gasteiger partial charge in [0.2, 0.25) is 0 Å². The standard InChI is InChI=1S/C23H33NO/c1-17(2)24-15-14-20(18-10-8-7-9-11-18)21-16-19(23(3,4)5)12-13-22(21)25-6/h7-13,16-17,20,24H,14-15H2,1-6H3/t20-/m0/s1. The molecule has 136 valence electrons. The first-order valence-electron chi connectivity index (χ1n) is 9.29. The third-order valence-corrected chi connectivity index (χ3v) is 4.66. The van der Waals surface area contributed by atoms with Crippen molar-refractivity contribution in [1.29, 1.82) is 0 Å². The van der Waals surface area contributed by atoms with E-state index in [0.29, 0.717) is 12.0 Å². The van der Waals surface area contributed by atoms with Crippen LogP contribution in [0.25, 0.3) is 0 Å². The van der Waals surface area contributed by atoms with E-state index in [1.54, 1.807) is 7.11 Å². The summed E-state index contributed by atoms with van der Waals surface area (Å²) < 4.78 is 5.72. The molecule has 0 aliphatic carbocycles. The average Bonchev–Trinajstić information content (AvgIpc) is 2.58. The fraction of sp³-hybridized carbons (Fsp3) is 0.478. The first kappa shape index (κ1) is 19.5. The molecule has 2 aromatic carbocycles. The second-order valence-electron chi connectivity index (χ2n) is 8.07. The highest BCUT2D eigenvalue weighted by Crippen LogP contribution is 2.37. The van der Waals surface area contributed by atoms with Crippen LogP contribution in [0.3, 0.4) is 0 Å². The van der Waals surface area contributed by atoms with Gasteiger partial charge in [-0.1, -0.05) is 77.1 Å². The minimum atomic E-state index is 0.123. The monoisotopic (exact) mass is 339 g/mol. The van der Waals surface area contributed by atoms with Crippen molar-refractivity contribution in [3.05, 3.63) is 65.2 Å². The van der Waals surface area contributed by atoms with Crippen LogP contribution in [0.4, 0.5) is 0 Å². The molecule has 0 saturated carbocycles. The van der Waals surface area contributed by atoms with Crippen LogP contribution in [0.1, 0.15) is 63.6 Å². The Morgan fingerprint density at radius 1 is 1.00 bits per heavy atom. The van der Waals surface area contributed by atoms with E-state index in [-0.39, 0.29) is 5.41 Å². The van der Waals surface area contributed by atoms with Gasteiger partial charge in [-0.3, -0.25) is 0 Å². The highest BCUT2D eigenvalue weighted by molar-refractivity contribution is 5.46. The number of hydrogen-bond acceptors (Lipinski definition) is 2. The second-order valence-corrected chi connectivity index (χ2v) is 8.07. The Bertz CT molecular complexity index is 656. The number of methoxy groups -OCH3 is 1. The molecule has 0 bridgehead atoms. The second kappa shape index (κ2) is 8.53. The molecule has 1 atom stereocenters. The number of nitrogens with one attached hydrogen (secondary N) is 1. The van der Waals surface area contributed by atoms with Crippen LogP contribution in [0.5, 0.6) is 5.75 Å². The molecule has 2 aromatic rings. The van der Waals surface area contributed by atoms with Crippen LogP contribution in [0.15, 0.2) is 48.5 Å². The lowest BCUT2D eigenvalue weighted by Crippen LogP contribution is -2.25. The fourth-order valence-electron chi connectivity index (χ4n) is 3.18. The topological polar surface area (TPSA) is 21.3 Å². The predicted molar refractivity (Wildman–Crippen MR) is 108 cm³/mol. The van der Waals surface area contributed by atoms with Crippen LogP contribution in [-0.2, 0) is 5.41 Å². The third-order valence-electron chi connectivity index (χ3n) is 4.66. The van der Waals surface area contributed by atoms with Crippen molar-refractivity contribution in [2.75, 3.05) is 13.7 Å². The van der Waals surface area contributed by atoms with E-state index >= 15 is 0 Å². The highest BCUT2D eigenvalue weighted by atomic mass is 16.5. The highest BCUT2D eigenvalue weighted by Gasteiger charge is 2.22. The van der Waals surface area contributed by atoms with Crippen molar-refractivity contribution in [2.45, 2.75) is 58.4 Å². The fourth-order valence-corrected chi connectivity index (χ4v) is 3.18. The molecule has 2 rings (SSSR count). The molecule has 0 heterocycles. The normalized spacial score (nSPS) is 13.1. The van der Waals surface area contributed by atoms with E-state index in [4.69, 9.17) is 4.74 Å². The van der Waals surface area contributed by atoms with Gasteiger partial charge in [0.1, 0.15) is 5.75 Å². The van der Waals surface area contributed by atoms with Crippen molar-refractivity contribution in [3.63, 3.8) is 0 Å². The van der Waals surface area contributed by atoms with Gasteiger partial charge in [-0.25, -0.2) is 0 Å². The van der Waals surface area contributed by atoms with E-state index in [1.165, 1.54) is 16.7 Å². The maximum atomic E-state index is 5.72. The summed E-state index contributed by atoms with van der Waals surface area (Å²) in [6.45, 7) is 12.2. The first-order valence-corrected chi connectivity index (χ1v) is 9.29. The van der Waals surface area contributed by atoms with Crippen LogP contribution in [0.2, 0.25) is 0 Å². The predicted octanol–water partition coefficient (Wildman–Crippen LogP) is 5.51. The zero-order chi connectivity index (χ0) is 18.4. The summed E-state index contributed by atoms with van der Waals surface area (Å²) in [7, 11) is 1.77. The Morgan fingerprint density at radius 3 is 2.24 bits per heavy atom. The molecule has 0 aliphatic rings. The van der Waals surface area contributed by atoms with Crippen LogP contribution in [0, 0.1) is 0 Å². The number of hydrogen-bond donors (Lipinski definition) is 1. The Kier molecular flexibility index (Phi) is 6.66. The summed E-state index contributed by atoms with van der Waals surface area (Å²) >= 11 is 0. The van der Waals surface area contributed by atoms with Gasteiger partial charge in [-0.15, -0.1) is 0 Å². The number of rotatable bonds is 7. The number of ether oxygens (including phenoxy) is 1. The molecule has 2 nitrogen and oxygen atoms in total. The van der Waals surface area contributed by atoms with Gasteiger partial charge in [-0.05, 0) is 35.6 Å². The molecule has 2 heteroatoms. The molecule has 25 heavy (non-hydrogen) atoms. The molecule has 0 fully saturated rings. The molecule has 0 spiro atoms. The van der Waals surface area contributed by atoms with Gasteiger partial charge in [0.25, 0.3) is 0 Å². The van der Waals surface area contributed by atoms with E-state index in [2.05, 4.69) is 88.5 Å². The lowest BCUT2D eigenvalue weighted by molar-refractivity contribution is 0.405. The molecular weight excluding hydrogens is 306 g/mol. The van der Waals surface area contributed by atoms with Crippen molar-refractivity contribution in [2.24, 2.45) is 0 Å². The van der Waals surface area contributed by atoms with Gasteiger partial charge < -0.3 is 10.1 Å². The molecule has 0 amide bonds. The van der Waals surface area contributed by atoms with Crippen LogP contribution < -0.4 is 10.1 Å². The maximum Gasteiger partial charge on any atom is 0.122 e. The Hall–Kier alpha value is -1.80. The molecule has 1 N–H and O–H groups in total. The van der Waals surface area contributed by atoms with E-state index in [1.807, 2.05) is 0 Å². The minimum absolute atomic E-state index is 0.123. The Morgan fingerprint density at radius 2 is 1.68 bits per heavy atom. The molecule has 0 saturated heterocycles. The summed E-state index contributed by atoms with van der Waals surface area (Å²) in [5.41, 5.74) is 4.10. The third kappa shape index (κ3) is 5.34. The van der Waals surface area contributed by atoms with Gasteiger partial charge in [0, 0.05) is 17.5 Å². The lowest BCUT2D eigenvalue weighted by Gasteiger charge is -2.25. The van der Waals surface area contributed by atoms with Gasteiger partial charge in [0.05, 0.1) is 7.11 Å². The first-order chi connectivity index (χ1) is 11.8. The summed E-state index contributed by atoms with van der Waals surface area (Å²) in [5, 5.41) is 3.56.